The first-order valence-electron chi connectivity index (χ1n) is 5.10. The standard InChI is InChI=1S/C11H10N2O4S/c14-9(15)5-13(6-10(16)17)11-12-7-3-1-2-4-8(7)18-11/h1-4H,5-6H2,(H,14,15)(H,16,17). The Labute approximate surface area is 106 Å². The number of carboxylic acids is 2. The molecule has 0 amide bonds. The molecule has 0 fully saturated rings. The average molecular weight is 266 g/mol. The van der Waals surface area contributed by atoms with Gasteiger partial charge in [-0.1, -0.05) is 23.5 Å². The van der Waals surface area contributed by atoms with Gasteiger partial charge >= 0.3 is 11.9 Å². The number of anilines is 1. The summed E-state index contributed by atoms with van der Waals surface area (Å²) in [5, 5.41) is 18.0. The number of hydrogen-bond donors (Lipinski definition) is 2. The van der Waals surface area contributed by atoms with Crippen LogP contribution >= 0.6 is 11.3 Å². The van der Waals surface area contributed by atoms with Crippen LogP contribution in [0.4, 0.5) is 5.13 Å². The van der Waals surface area contributed by atoms with E-state index in [1.54, 1.807) is 6.07 Å². The van der Waals surface area contributed by atoms with Crippen LogP contribution in [-0.4, -0.2) is 40.2 Å². The van der Waals surface area contributed by atoms with E-state index < -0.39 is 11.9 Å². The highest BCUT2D eigenvalue weighted by Gasteiger charge is 2.17. The fraction of sp³-hybridized carbons (Fsp3) is 0.182. The minimum Gasteiger partial charge on any atom is -0.480 e. The molecule has 0 aliphatic carbocycles. The second kappa shape index (κ2) is 5.01. The van der Waals surface area contributed by atoms with Gasteiger partial charge < -0.3 is 15.1 Å². The lowest BCUT2D eigenvalue weighted by Gasteiger charge is -2.16. The highest BCUT2D eigenvalue weighted by atomic mass is 32.1. The quantitative estimate of drug-likeness (QED) is 0.847. The van der Waals surface area contributed by atoms with Crippen molar-refractivity contribution in [3.05, 3.63) is 24.3 Å². The highest BCUT2D eigenvalue weighted by Crippen LogP contribution is 2.28. The molecule has 1 aromatic carbocycles. The van der Waals surface area contributed by atoms with E-state index in [1.165, 1.54) is 16.2 Å². The Balaban J connectivity index is 2.33. The molecule has 0 atom stereocenters. The van der Waals surface area contributed by atoms with Crippen molar-refractivity contribution in [1.29, 1.82) is 0 Å². The van der Waals surface area contributed by atoms with Gasteiger partial charge in [0.05, 0.1) is 10.2 Å². The summed E-state index contributed by atoms with van der Waals surface area (Å²) < 4.78 is 0.897. The van der Waals surface area contributed by atoms with Crippen molar-refractivity contribution < 1.29 is 19.8 Å². The van der Waals surface area contributed by atoms with E-state index in [1.807, 2.05) is 18.2 Å². The zero-order valence-electron chi connectivity index (χ0n) is 9.24. The summed E-state index contributed by atoms with van der Waals surface area (Å²) in [6.07, 6.45) is 0. The van der Waals surface area contributed by atoms with E-state index in [0.717, 1.165) is 10.2 Å². The largest absolute Gasteiger partial charge is 0.480 e. The number of rotatable bonds is 5. The zero-order chi connectivity index (χ0) is 13.1. The van der Waals surface area contributed by atoms with E-state index in [9.17, 15) is 9.59 Å². The molecular weight excluding hydrogens is 256 g/mol. The monoisotopic (exact) mass is 266 g/mol. The van der Waals surface area contributed by atoms with Gasteiger partial charge in [0.1, 0.15) is 13.1 Å². The van der Waals surface area contributed by atoms with Gasteiger partial charge in [-0.2, -0.15) is 0 Å². The van der Waals surface area contributed by atoms with Crippen LogP contribution in [0.1, 0.15) is 0 Å². The third-order valence-electron chi connectivity index (χ3n) is 2.21. The predicted molar refractivity (Wildman–Crippen MR) is 67.1 cm³/mol. The summed E-state index contributed by atoms with van der Waals surface area (Å²) >= 11 is 1.28. The highest BCUT2D eigenvalue weighted by molar-refractivity contribution is 7.22. The van der Waals surface area contributed by atoms with Crippen molar-refractivity contribution in [2.24, 2.45) is 0 Å². The predicted octanol–water partition coefficient (Wildman–Crippen LogP) is 1.27. The third-order valence-corrected chi connectivity index (χ3v) is 3.30. The van der Waals surface area contributed by atoms with E-state index in [2.05, 4.69) is 4.98 Å². The fourth-order valence-corrected chi connectivity index (χ4v) is 2.48. The van der Waals surface area contributed by atoms with Crippen molar-refractivity contribution in [1.82, 2.24) is 4.98 Å². The van der Waals surface area contributed by atoms with E-state index in [-0.39, 0.29) is 13.1 Å². The summed E-state index contributed by atoms with van der Waals surface area (Å²) in [5.74, 6) is -2.17. The van der Waals surface area contributed by atoms with E-state index in [4.69, 9.17) is 10.2 Å². The van der Waals surface area contributed by atoms with Gasteiger partial charge in [-0.05, 0) is 12.1 Å². The Kier molecular flexibility index (Phi) is 3.42. The molecule has 0 saturated heterocycles. The summed E-state index contributed by atoms with van der Waals surface area (Å²) in [6, 6.07) is 7.33. The minimum atomic E-state index is -1.09. The van der Waals surface area contributed by atoms with Gasteiger partial charge in [0, 0.05) is 0 Å². The number of fused-ring (bicyclic) bond motifs is 1. The Morgan fingerprint density at radius 2 is 1.78 bits per heavy atom. The molecule has 7 heteroatoms. The molecule has 0 aliphatic rings. The van der Waals surface area contributed by atoms with Crippen molar-refractivity contribution >= 4 is 38.6 Å². The second-order valence-corrected chi connectivity index (χ2v) is 4.62. The summed E-state index contributed by atoms with van der Waals surface area (Å²) in [6.45, 7) is -0.766. The lowest BCUT2D eigenvalue weighted by atomic mass is 10.3. The van der Waals surface area contributed by atoms with Crippen LogP contribution in [0.3, 0.4) is 0 Å². The number of carbonyl (C=O) groups is 2. The van der Waals surface area contributed by atoms with Crippen molar-refractivity contribution in [2.75, 3.05) is 18.0 Å². The fourth-order valence-electron chi connectivity index (χ4n) is 1.51. The number of carboxylic acid groups (broad SMARTS) is 2. The molecule has 6 nitrogen and oxygen atoms in total. The topological polar surface area (TPSA) is 90.7 Å². The van der Waals surface area contributed by atoms with Crippen LogP contribution in [0, 0.1) is 0 Å². The Hall–Kier alpha value is -2.15. The molecule has 0 aliphatic heterocycles. The summed E-state index contributed by atoms with van der Waals surface area (Å²) in [4.78, 5) is 26.9. The molecule has 0 unspecified atom stereocenters. The minimum absolute atomic E-state index is 0.383. The van der Waals surface area contributed by atoms with E-state index >= 15 is 0 Å². The summed E-state index contributed by atoms with van der Waals surface area (Å²) in [5.41, 5.74) is 0.735. The lowest BCUT2D eigenvalue weighted by Crippen LogP contribution is -2.34. The Bertz CT molecular complexity index is 546. The number of thiazole rings is 1. The first-order chi connectivity index (χ1) is 8.56. The lowest BCUT2D eigenvalue weighted by molar-refractivity contribution is -0.136. The molecular formula is C11H10N2O4S. The maximum atomic E-state index is 10.7. The van der Waals surface area contributed by atoms with Crippen LogP contribution in [0.5, 0.6) is 0 Å². The van der Waals surface area contributed by atoms with Gasteiger partial charge in [0.25, 0.3) is 0 Å². The van der Waals surface area contributed by atoms with Gasteiger partial charge in [0.2, 0.25) is 0 Å². The number of nitrogens with zero attached hydrogens (tertiary/aromatic N) is 2. The van der Waals surface area contributed by atoms with E-state index in [0.29, 0.717) is 5.13 Å². The SMILES string of the molecule is O=C(O)CN(CC(=O)O)c1nc2ccccc2s1. The molecule has 2 aromatic rings. The van der Waals surface area contributed by atoms with Crippen LogP contribution in [0.25, 0.3) is 10.2 Å². The third kappa shape index (κ3) is 2.75. The number of hydrogen-bond acceptors (Lipinski definition) is 5. The van der Waals surface area contributed by atoms with Gasteiger partial charge in [0.15, 0.2) is 5.13 Å². The first kappa shape index (κ1) is 12.3. The van der Waals surface area contributed by atoms with Crippen LogP contribution in [0.2, 0.25) is 0 Å². The molecule has 0 spiro atoms. The smallest absolute Gasteiger partial charge is 0.323 e. The summed E-state index contributed by atoms with van der Waals surface area (Å²) in [7, 11) is 0. The van der Waals surface area contributed by atoms with Crippen molar-refractivity contribution in [3.63, 3.8) is 0 Å². The van der Waals surface area contributed by atoms with Crippen molar-refractivity contribution in [2.45, 2.75) is 0 Å². The number of para-hydroxylation sites is 1. The van der Waals surface area contributed by atoms with Gasteiger partial charge in [-0.25, -0.2) is 4.98 Å². The second-order valence-electron chi connectivity index (χ2n) is 3.61. The molecule has 94 valence electrons. The maximum Gasteiger partial charge on any atom is 0.323 e. The molecule has 0 saturated carbocycles. The molecule has 2 N–H and O–H groups in total. The molecule has 1 aromatic heterocycles. The number of benzene rings is 1. The molecule has 1 heterocycles. The Morgan fingerprint density at radius 3 is 2.33 bits per heavy atom. The van der Waals surface area contributed by atoms with Gasteiger partial charge in [-0.3, -0.25) is 9.59 Å². The molecule has 0 radical (unpaired) electrons. The van der Waals surface area contributed by atoms with Crippen molar-refractivity contribution in [3.8, 4) is 0 Å². The van der Waals surface area contributed by atoms with Crippen LogP contribution in [0.15, 0.2) is 24.3 Å². The van der Waals surface area contributed by atoms with Gasteiger partial charge in [-0.15, -0.1) is 0 Å². The normalized spacial score (nSPS) is 10.4. The first-order valence-corrected chi connectivity index (χ1v) is 5.92. The maximum absolute atomic E-state index is 10.7. The molecule has 0 bridgehead atoms. The Morgan fingerprint density at radius 1 is 1.17 bits per heavy atom. The average Bonchev–Trinajstić information content (AvgIpc) is 2.70. The zero-order valence-corrected chi connectivity index (χ0v) is 10.1. The number of aliphatic carboxylic acids is 2. The molecule has 18 heavy (non-hydrogen) atoms. The number of aromatic nitrogens is 1. The van der Waals surface area contributed by atoms with Crippen LogP contribution < -0.4 is 4.90 Å². The van der Waals surface area contributed by atoms with Crippen LogP contribution in [-0.2, 0) is 9.59 Å². The molecule has 2 rings (SSSR count).